The van der Waals surface area contributed by atoms with E-state index >= 15 is 0 Å². The first-order valence-electron chi connectivity index (χ1n) is 7.15. The van der Waals surface area contributed by atoms with Crippen molar-refractivity contribution in [3.8, 4) is 0 Å². The van der Waals surface area contributed by atoms with Gasteiger partial charge in [-0.1, -0.05) is 52.2 Å². The van der Waals surface area contributed by atoms with Crippen molar-refractivity contribution < 1.29 is 10.0 Å². The van der Waals surface area contributed by atoms with E-state index in [1.807, 2.05) is 6.07 Å². The molecule has 0 aliphatic heterocycles. The van der Waals surface area contributed by atoms with Crippen LogP contribution in [0.5, 0.6) is 0 Å². The summed E-state index contributed by atoms with van der Waals surface area (Å²) in [6, 6.07) is 3.96. The SMILES string of the molecule is CCCc1ccc(B(O)O)c(CCC)c1CCC. The molecule has 0 fully saturated rings. The van der Waals surface area contributed by atoms with Gasteiger partial charge in [0.1, 0.15) is 0 Å². The number of benzene rings is 1. The minimum atomic E-state index is -1.35. The Labute approximate surface area is 111 Å². The summed E-state index contributed by atoms with van der Waals surface area (Å²) < 4.78 is 0. The molecule has 0 amide bonds. The Morgan fingerprint density at radius 2 is 1.39 bits per heavy atom. The van der Waals surface area contributed by atoms with E-state index in [0.717, 1.165) is 38.5 Å². The Morgan fingerprint density at radius 1 is 0.833 bits per heavy atom. The van der Waals surface area contributed by atoms with Crippen molar-refractivity contribution in [1.29, 1.82) is 0 Å². The molecule has 0 spiro atoms. The molecular formula is C15H25BO2. The highest BCUT2D eigenvalue weighted by Crippen LogP contribution is 2.19. The molecule has 0 aliphatic rings. The molecule has 1 aromatic carbocycles. The van der Waals surface area contributed by atoms with Crippen molar-refractivity contribution in [2.45, 2.75) is 59.3 Å². The highest BCUT2D eigenvalue weighted by atomic mass is 16.4. The van der Waals surface area contributed by atoms with Gasteiger partial charge in [0.05, 0.1) is 0 Å². The van der Waals surface area contributed by atoms with Crippen molar-refractivity contribution in [3.05, 3.63) is 28.8 Å². The Bertz CT molecular complexity index is 375. The van der Waals surface area contributed by atoms with E-state index in [2.05, 4.69) is 26.8 Å². The van der Waals surface area contributed by atoms with Gasteiger partial charge in [-0.3, -0.25) is 0 Å². The quantitative estimate of drug-likeness (QED) is 0.726. The fourth-order valence-electron chi connectivity index (χ4n) is 2.61. The van der Waals surface area contributed by atoms with Gasteiger partial charge in [0.25, 0.3) is 0 Å². The minimum Gasteiger partial charge on any atom is -0.423 e. The van der Waals surface area contributed by atoms with E-state index in [1.54, 1.807) is 0 Å². The van der Waals surface area contributed by atoms with Crippen molar-refractivity contribution in [2.24, 2.45) is 0 Å². The lowest BCUT2D eigenvalue weighted by Crippen LogP contribution is -2.34. The molecule has 0 radical (unpaired) electrons. The third-order valence-electron chi connectivity index (χ3n) is 3.36. The fourth-order valence-corrected chi connectivity index (χ4v) is 2.61. The zero-order chi connectivity index (χ0) is 13.5. The molecule has 3 heteroatoms. The Morgan fingerprint density at radius 3 is 1.89 bits per heavy atom. The molecule has 0 bridgehead atoms. The molecule has 0 saturated heterocycles. The zero-order valence-corrected chi connectivity index (χ0v) is 11.9. The van der Waals surface area contributed by atoms with Crippen molar-refractivity contribution in [2.75, 3.05) is 0 Å². The molecule has 2 N–H and O–H groups in total. The van der Waals surface area contributed by atoms with E-state index < -0.39 is 7.12 Å². The third kappa shape index (κ3) is 3.60. The topological polar surface area (TPSA) is 40.5 Å². The molecule has 0 atom stereocenters. The molecule has 0 unspecified atom stereocenters. The number of hydrogen-bond acceptors (Lipinski definition) is 2. The van der Waals surface area contributed by atoms with Gasteiger partial charge in [-0.25, -0.2) is 0 Å². The van der Waals surface area contributed by atoms with Gasteiger partial charge in [0.2, 0.25) is 0 Å². The maximum atomic E-state index is 9.50. The van der Waals surface area contributed by atoms with E-state index in [9.17, 15) is 10.0 Å². The summed E-state index contributed by atoms with van der Waals surface area (Å²) in [5.41, 5.74) is 4.60. The summed E-state index contributed by atoms with van der Waals surface area (Å²) in [5, 5.41) is 19.0. The molecule has 0 saturated carbocycles. The fraction of sp³-hybridized carbons (Fsp3) is 0.600. The van der Waals surface area contributed by atoms with Crippen LogP contribution in [0.25, 0.3) is 0 Å². The first-order chi connectivity index (χ1) is 8.65. The Hall–Kier alpha value is -0.795. The van der Waals surface area contributed by atoms with Gasteiger partial charge < -0.3 is 10.0 Å². The molecule has 100 valence electrons. The van der Waals surface area contributed by atoms with Crippen LogP contribution >= 0.6 is 0 Å². The molecule has 2 nitrogen and oxygen atoms in total. The first-order valence-corrected chi connectivity index (χ1v) is 7.15. The van der Waals surface area contributed by atoms with Crippen LogP contribution in [-0.2, 0) is 19.3 Å². The number of aryl methyl sites for hydroxylation is 1. The summed E-state index contributed by atoms with van der Waals surface area (Å²) in [4.78, 5) is 0. The molecule has 1 rings (SSSR count). The second-order valence-electron chi connectivity index (χ2n) is 4.89. The summed E-state index contributed by atoms with van der Waals surface area (Å²) in [5.74, 6) is 0. The van der Waals surface area contributed by atoms with Crippen molar-refractivity contribution >= 4 is 12.6 Å². The average Bonchev–Trinajstić information content (AvgIpc) is 2.33. The predicted octanol–water partition coefficient (Wildman–Crippen LogP) is 2.22. The second-order valence-corrected chi connectivity index (χ2v) is 4.89. The van der Waals surface area contributed by atoms with Crippen LogP contribution in [0.15, 0.2) is 12.1 Å². The van der Waals surface area contributed by atoms with Crippen LogP contribution < -0.4 is 5.46 Å². The largest absolute Gasteiger partial charge is 0.488 e. The van der Waals surface area contributed by atoms with Crippen LogP contribution in [0.4, 0.5) is 0 Å². The maximum absolute atomic E-state index is 9.50. The van der Waals surface area contributed by atoms with Crippen LogP contribution in [0.3, 0.4) is 0 Å². The lowest BCUT2D eigenvalue weighted by Gasteiger charge is -2.18. The van der Waals surface area contributed by atoms with Gasteiger partial charge in [-0.15, -0.1) is 0 Å². The lowest BCUT2D eigenvalue weighted by atomic mass is 9.73. The number of rotatable bonds is 7. The Balaban J connectivity index is 3.28. The van der Waals surface area contributed by atoms with Gasteiger partial charge in [0, 0.05) is 0 Å². The lowest BCUT2D eigenvalue weighted by molar-refractivity contribution is 0.425. The van der Waals surface area contributed by atoms with Crippen molar-refractivity contribution in [1.82, 2.24) is 0 Å². The predicted molar refractivity (Wildman–Crippen MR) is 78.3 cm³/mol. The molecule has 0 aliphatic carbocycles. The summed E-state index contributed by atoms with van der Waals surface area (Å²) in [6.07, 6.45) is 6.30. The number of hydrogen-bond donors (Lipinski definition) is 2. The van der Waals surface area contributed by atoms with E-state index in [0.29, 0.717) is 5.46 Å². The first kappa shape index (κ1) is 15.3. The van der Waals surface area contributed by atoms with Gasteiger partial charge in [-0.2, -0.15) is 0 Å². The molecule has 18 heavy (non-hydrogen) atoms. The average molecular weight is 248 g/mol. The Kier molecular flexibility index (Phi) is 6.44. The maximum Gasteiger partial charge on any atom is 0.488 e. The van der Waals surface area contributed by atoms with Gasteiger partial charge >= 0.3 is 7.12 Å². The van der Waals surface area contributed by atoms with E-state index in [1.165, 1.54) is 16.7 Å². The highest BCUT2D eigenvalue weighted by molar-refractivity contribution is 6.59. The minimum absolute atomic E-state index is 0.695. The second kappa shape index (κ2) is 7.60. The third-order valence-corrected chi connectivity index (χ3v) is 3.36. The van der Waals surface area contributed by atoms with Crippen LogP contribution in [0, 0.1) is 0 Å². The molecule has 0 heterocycles. The van der Waals surface area contributed by atoms with E-state index in [4.69, 9.17) is 0 Å². The van der Waals surface area contributed by atoms with Crippen molar-refractivity contribution in [3.63, 3.8) is 0 Å². The highest BCUT2D eigenvalue weighted by Gasteiger charge is 2.19. The smallest absolute Gasteiger partial charge is 0.423 e. The normalized spacial score (nSPS) is 10.7. The van der Waals surface area contributed by atoms with Gasteiger partial charge in [-0.05, 0) is 41.4 Å². The molecule has 0 aromatic heterocycles. The van der Waals surface area contributed by atoms with Crippen LogP contribution in [0.1, 0.15) is 56.7 Å². The summed E-state index contributed by atoms with van der Waals surface area (Å²) in [6.45, 7) is 6.49. The van der Waals surface area contributed by atoms with Gasteiger partial charge in [0.15, 0.2) is 0 Å². The molecule has 1 aromatic rings. The van der Waals surface area contributed by atoms with E-state index in [-0.39, 0.29) is 0 Å². The van der Waals surface area contributed by atoms with Crippen LogP contribution in [0.2, 0.25) is 0 Å². The molecular weight excluding hydrogens is 223 g/mol. The monoisotopic (exact) mass is 248 g/mol. The summed E-state index contributed by atoms with van der Waals surface area (Å²) in [7, 11) is -1.35. The summed E-state index contributed by atoms with van der Waals surface area (Å²) >= 11 is 0. The standard InChI is InChI=1S/C15H25BO2/c1-4-7-12-10-11-15(16(17)18)14(9-6-3)13(12)8-5-2/h10-11,17-18H,4-9H2,1-3H3. The zero-order valence-electron chi connectivity index (χ0n) is 11.9. The van der Waals surface area contributed by atoms with Crippen LogP contribution in [-0.4, -0.2) is 17.2 Å².